The zero-order chi connectivity index (χ0) is 25.0. The molecule has 9 heteroatoms. The molecule has 0 heterocycles. The average molecular weight is 497 g/mol. The van der Waals surface area contributed by atoms with Crippen molar-refractivity contribution in [2.45, 2.75) is 56.9 Å². The first-order valence-corrected chi connectivity index (χ1v) is 13.1. The molecule has 190 valence electrons. The largest absolute Gasteiger partial charge is 0.495 e. The Balaban J connectivity index is 1.91. The number of halogens is 1. The number of rotatable bonds is 16. The third kappa shape index (κ3) is 8.77. The number of sulfonamides is 1. The predicted molar refractivity (Wildman–Crippen MR) is 132 cm³/mol. The van der Waals surface area contributed by atoms with Gasteiger partial charge in [-0.2, -0.15) is 0 Å². The fraction of sp³-hybridized carbons (Fsp3) is 0.520. The number of nitrogens with one attached hydrogen (secondary N) is 2. The van der Waals surface area contributed by atoms with Crippen LogP contribution in [0.25, 0.3) is 0 Å². The number of methoxy groups -OCH3 is 2. The van der Waals surface area contributed by atoms with E-state index in [9.17, 15) is 12.8 Å². The fourth-order valence-corrected chi connectivity index (χ4v) is 4.84. The van der Waals surface area contributed by atoms with Gasteiger partial charge in [0.25, 0.3) is 0 Å². The van der Waals surface area contributed by atoms with Crippen molar-refractivity contribution < 1.29 is 27.0 Å². The highest BCUT2D eigenvalue weighted by atomic mass is 32.2. The molecular formula is C25H37FN2O5S. The van der Waals surface area contributed by atoms with Crippen LogP contribution in [0, 0.1) is 5.82 Å². The fourth-order valence-electron chi connectivity index (χ4n) is 3.55. The van der Waals surface area contributed by atoms with Crippen molar-refractivity contribution in [3.8, 4) is 17.2 Å². The molecule has 0 aliphatic rings. The molecule has 0 fully saturated rings. The van der Waals surface area contributed by atoms with E-state index >= 15 is 0 Å². The van der Waals surface area contributed by atoms with Crippen LogP contribution in [0.4, 0.5) is 4.39 Å². The van der Waals surface area contributed by atoms with Crippen LogP contribution in [-0.2, 0) is 16.4 Å². The zero-order valence-corrected chi connectivity index (χ0v) is 21.3. The molecule has 34 heavy (non-hydrogen) atoms. The van der Waals surface area contributed by atoms with Gasteiger partial charge in [0.05, 0.1) is 14.2 Å². The SMILES string of the molecule is CCCCCCNS(=O)(=O)c1cc(CC(C)NCCOc2cc(F)ccc2OC)ccc1OC. The number of hydrogen-bond acceptors (Lipinski definition) is 6. The third-order valence-electron chi connectivity index (χ3n) is 5.36. The van der Waals surface area contributed by atoms with Crippen molar-refractivity contribution in [2.75, 3.05) is 33.9 Å². The zero-order valence-electron chi connectivity index (χ0n) is 20.5. The summed E-state index contributed by atoms with van der Waals surface area (Å²) in [7, 11) is -0.697. The number of benzene rings is 2. The standard InChI is InChI=1S/C25H37FN2O5S/c1-5-6-7-8-13-28-34(29,30)25-17-20(9-11-23(25)32-4)16-19(2)27-14-15-33-24-18-21(26)10-12-22(24)31-3/h9-12,17-19,27-28H,5-8,13-16H2,1-4H3. The molecular weight excluding hydrogens is 459 g/mol. The molecule has 0 spiro atoms. The van der Waals surface area contributed by atoms with Crippen LogP contribution in [0.5, 0.6) is 17.2 Å². The van der Waals surface area contributed by atoms with Gasteiger partial charge in [-0.25, -0.2) is 17.5 Å². The quantitative estimate of drug-likeness (QED) is 0.337. The molecule has 1 atom stereocenters. The van der Waals surface area contributed by atoms with Gasteiger partial charge in [0.15, 0.2) is 11.5 Å². The molecule has 2 rings (SSSR count). The first-order valence-electron chi connectivity index (χ1n) is 11.7. The average Bonchev–Trinajstić information content (AvgIpc) is 2.81. The normalized spacial score (nSPS) is 12.4. The van der Waals surface area contributed by atoms with E-state index in [0.29, 0.717) is 43.4 Å². The van der Waals surface area contributed by atoms with Crippen LogP contribution in [0.2, 0.25) is 0 Å². The van der Waals surface area contributed by atoms with E-state index in [4.69, 9.17) is 14.2 Å². The van der Waals surface area contributed by atoms with Crippen molar-refractivity contribution in [2.24, 2.45) is 0 Å². The summed E-state index contributed by atoms with van der Waals surface area (Å²) in [4.78, 5) is 0.150. The first kappa shape index (κ1) is 27.9. The van der Waals surface area contributed by atoms with Crippen LogP contribution < -0.4 is 24.2 Å². The molecule has 2 N–H and O–H groups in total. The molecule has 0 aromatic heterocycles. The maximum absolute atomic E-state index is 13.4. The van der Waals surface area contributed by atoms with Crippen LogP contribution in [-0.4, -0.2) is 48.4 Å². The van der Waals surface area contributed by atoms with Gasteiger partial charge in [-0.3, -0.25) is 0 Å². The van der Waals surface area contributed by atoms with Gasteiger partial charge >= 0.3 is 0 Å². The van der Waals surface area contributed by atoms with Crippen LogP contribution in [0.15, 0.2) is 41.3 Å². The summed E-state index contributed by atoms with van der Waals surface area (Å²) in [5.41, 5.74) is 0.875. The highest BCUT2D eigenvalue weighted by Crippen LogP contribution is 2.27. The summed E-state index contributed by atoms with van der Waals surface area (Å²) >= 11 is 0. The molecule has 0 saturated heterocycles. The van der Waals surface area contributed by atoms with Crippen molar-refractivity contribution in [3.05, 3.63) is 47.8 Å². The molecule has 7 nitrogen and oxygen atoms in total. The summed E-state index contributed by atoms with van der Waals surface area (Å²) in [6.07, 6.45) is 4.60. The monoisotopic (exact) mass is 496 g/mol. The van der Waals surface area contributed by atoms with E-state index in [0.717, 1.165) is 31.2 Å². The molecule has 2 aromatic rings. The Morgan fingerprint density at radius 3 is 2.38 bits per heavy atom. The molecule has 0 saturated carbocycles. The van der Waals surface area contributed by atoms with Crippen LogP contribution >= 0.6 is 0 Å². The topological polar surface area (TPSA) is 85.9 Å². The highest BCUT2D eigenvalue weighted by molar-refractivity contribution is 7.89. The summed E-state index contributed by atoms with van der Waals surface area (Å²) in [6, 6.07) is 9.41. The Bertz CT molecular complexity index is 1000. The van der Waals surface area contributed by atoms with Gasteiger partial charge < -0.3 is 19.5 Å². The van der Waals surface area contributed by atoms with Gasteiger partial charge in [-0.05, 0) is 49.6 Å². The minimum atomic E-state index is -3.67. The van der Waals surface area contributed by atoms with Gasteiger partial charge in [0.2, 0.25) is 10.0 Å². The second-order valence-electron chi connectivity index (χ2n) is 8.15. The number of unbranched alkanes of at least 4 members (excludes halogenated alkanes) is 3. The van der Waals surface area contributed by atoms with Gasteiger partial charge in [-0.1, -0.05) is 32.3 Å². The van der Waals surface area contributed by atoms with Crippen molar-refractivity contribution in [1.29, 1.82) is 0 Å². The highest BCUT2D eigenvalue weighted by Gasteiger charge is 2.20. The molecule has 2 aromatic carbocycles. The van der Waals surface area contributed by atoms with Gasteiger partial charge in [0, 0.05) is 25.2 Å². The molecule has 0 aliphatic carbocycles. The Labute approximate surface area is 203 Å². The smallest absolute Gasteiger partial charge is 0.244 e. The third-order valence-corrected chi connectivity index (χ3v) is 6.84. The predicted octanol–water partition coefficient (Wildman–Crippen LogP) is 4.30. The molecule has 0 radical (unpaired) electrons. The molecule has 1 unspecified atom stereocenters. The summed E-state index contributed by atoms with van der Waals surface area (Å²) in [5.74, 6) is 0.755. The Kier molecular flexibility index (Phi) is 11.6. The lowest BCUT2D eigenvalue weighted by Gasteiger charge is -2.17. The van der Waals surface area contributed by atoms with Crippen molar-refractivity contribution >= 4 is 10.0 Å². The number of hydrogen-bond donors (Lipinski definition) is 2. The lowest BCUT2D eigenvalue weighted by molar-refractivity contribution is 0.285. The van der Waals surface area contributed by atoms with Crippen LogP contribution in [0.1, 0.15) is 45.1 Å². The minimum absolute atomic E-state index is 0.0592. The second-order valence-corrected chi connectivity index (χ2v) is 9.88. The van der Waals surface area contributed by atoms with Gasteiger partial charge in [0.1, 0.15) is 23.1 Å². The van der Waals surface area contributed by atoms with E-state index < -0.39 is 15.8 Å². The number of ether oxygens (including phenoxy) is 3. The lowest BCUT2D eigenvalue weighted by Crippen LogP contribution is -2.32. The Morgan fingerprint density at radius 1 is 0.941 bits per heavy atom. The molecule has 0 aliphatic heterocycles. The van der Waals surface area contributed by atoms with Crippen LogP contribution in [0.3, 0.4) is 0 Å². The Hall–Kier alpha value is -2.36. The Morgan fingerprint density at radius 2 is 1.68 bits per heavy atom. The maximum atomic E-state index is 13.4. The minimum Gasteiger partial charge on any atom is -0.495 e. The van der Waals surface area contributed by atoms with Crippen molar-refractivity contribution in [3.63, 3.8) is 0 Å². The maximum Gasteiger partial charge on any atom is 0.244 e. The van der Waals surface area contributed by atoms with E-state index in [2.05, 4.69) is 17.0 Å². The first-order chi connectivity index (χ1) is 16.3. The van der Waals surface area contributed by atoms with Gasteiger partial charge in [-0.15, -0.1) is 0 Å². The second kappa shape index (κ2) is 14.1. The van der Waals surface area contributed by atoms with E-state index in [1.807, 2.05) is 13.0 Å². The lowest BCUT2D eigenvalue weighted by atomic mass is 10.1. The van der Waals surface area contributed by atoms with Crippen molar-refractivity contribution in [1.82, 2.24) is 10.0 Å². The van der Waals surface area contributed by atoms with E-state index in [-0.39, 0.29) is 10.9 Å². The summed E-state index contributed by atoms with van der Waals surface area (Å²) < 4.78 is 57.9. The van der Waals surface area contributed by atoms with E-state index in [1.165, 1.54) is 32.4 Å². The summed E-state index contributed by atoms with van der Waals surface area (Å²) in [5, 5.41) is 3.34. The molecule has 0 amide bonds. The summed E-state index contributed by atoms with van der Waals surface area (Å²) in [6.45, 7) is 5.39. The molecule has 0 bridgehead atoms. The van der Waals surface area contributed by atoms with E-state index in [1.54, 1.807) is 12.1 Å².